The van der Waals surface area contributed by atoms with E-state index in [1.807, 2.05) is 74.5 Å². The zero-order valence-corrected chi connectivity index (χ0v) is 23.7. The van der Waals surface area contributed by atoms with Gasteiger partial charge in [-0.3, -0.25) is 14.7 Å². The van der Waals surface area contributed by atoms with Crippen LogP contribution in [0, 0.1) is 13.8 Å². The summed E-state index contributed by atoms with van der Waals surface area (Å²) < 4.78 is 6.27. The minimum absolute atomic E-state index is 0.0451. The van der Waals surface area contributed by atoms with E-state index >= 15 is 0 Å². The minimum Gasteiger partial charge on any atom is -0.455 e. The fourth-order valence-corrected chi connectivity index (χ4v) is 5.82. The van der Waals surface area contributed by atoms with Crippen molar-refractivity contribution in [3.05, 3.63) is 94.6 Å². The number of aromatic nitrogens is 3. The summed E-state index contributed by atoms with van der Waals surface area (Å²) in [5.41, 5.74) is 6.77. The van der Waals surface area contributed by atoms with Crippen molar-refractivity contribution < 1.29 is 14.0 Å². The molecule has 0 radical (unpaired) electrons. The van der Waals surface area contributed by atoms with Crippen LogP contribution in [0.3, 0.4) is 0 Å². The van der Waals surface area contributed by atoms with Crippen LogP contribution in [-0.4, -0.2) is 26.7 Å². The summed E-state index contributed by atoms with van der Waals surface area (Å²) in [7, 11) is 0. The van der Waals surface area contributed by atoms with E-state index in [1.54, 1.807) is 0 Å². The van der Waals surface area contributed by atoms with Gasteiger partial charge in [0.05, 0.1) is 5.56 Å². The molecular weight excluding hydrogens is 510 g/mol. The molecule has 5 aromatic rings. The molecule has 41 heavy (non-hydrogen) atoms. The summed E-state index contributed by atoms with van der Waals surface area (Å²) in [6.07, 6.45) is 5.00. The van der Waals surface area contributed by atoms with Crippen molar-refractivity contribution in [2.75, 3.05) is 0 Å². The van der Waals surface area contributed by atoms with Crippen molar-refractivity contribution in [2.24, 2.45) is 0 Å². The minimum atomic E-state index is -0.247. The molecule has 6 heteroatoms. The number of nitrogens with zero attached hydrogens (tertiary/aromatic N) is 2. The number of rotatable bonds is 9. The number of Topliss-reactive ketones (excluding diaryl/α,β-unsaturated/α-hetero) is 2. The highest BCUT2D eigenvalue weighted by atomic mass is 16.3. The van der Waals surface area contributed by atoms with Crippen molar-refractivity contribution in [3.8, 4) is 22.5 Å². The first kappa shape index (κ1) is 25.6. The lowest BCUT2D eigenvalue weighted by Crippen LogP contribution is -2.15. The van der Waals surface area contributed by atoms with Gasteiger partial charge in [-0.2, -0.15) is 5.10 Å². The number of carbonyl (C=O) groups excluding carboxylic acids is 2. The van der Waals surface area contributed by atoms with Gasteiger partial charge < -0.3 is 4.42 Å². The second-order valence-electron chi connectivity index (χ2n) is 11.9. The summed E-state index contributed by atoms with van der Waals surface area (Å²) in [6.45, 7) is 5.97. The van der Waals surface area contributed by atoms with E-state index in [1.165, 1.54) is 12.8 Å². The lowest BCUT2D eigenvalue weighted by Gasteiger charge is -2.13. The number of furan rings is 1. The van der Waals surface area contributed by atoms with Crippen LogP contribution in [0.2, 0.25) is 0 Å². The molecule has 2 aromatic heterocycles. The van der Waals surface area contributed by atoms with Gasteiger partial charge in [0, 0.05) is 40.7 Å². The Hall–Kier alpha value is -4.32. The monoisotopic (exact) mass is 543 g/mol. The van der Waals surface area contributed by atoms with Crippen LogP contribution in [0.5, 0.6) is 0 Å². The number of hydrogen-bond acceptors (Lipinski definition) is 5. The molecule has 2 saturated carbocycles. The molecule has 7 rings (SSSR count). The van der Waals surface area contributed by atoms with Crippen LogP contribution in [0.15, 0.2) is 65.1 Å². The molecule has 6 nitrogen and oxygen atoms in total. The average molecular weight is 544 g/mol. The SMILES string of the molecule is CCC(=O)c1c(-c2ccc(C)cc2)oc2ccc(-c3cc(C(=O)CC4(c5n[nH]c(C6CC6)n5)CC4)ccc3C)cc12. The van der Waals surface area contributed by atoms with E-state index in [0.29, 0.717) is 41.2 Å². The van der Waals surface area contributed by atoms with Gasteiger partial charge >= 0.3 is 0 Å². The third-order valence-electron chi connectivity index (χ3n) is 8.77. The van der Waals surface area contributed by atoms with Gasteiger partial charge in [0.2, 0.25) is 0 Å². The van der Waals surface area contributed by atoms with Gasteiger partial charge in [-0.05, 0) is 74.4 Å². The lowest BCUT2D eigenvalue weighted by molar-refractivity contribution is 0.0965. The number of nitrogens with one attached hydrogen (secondary N) is 1. The number of ketones is 2. The average Bonchev–Trinajstić information content (AvgIpc) is 3.90. The number of fused-ring (bicyclic) bond motifs is 1. The van der Waals surface area contributed by atoms with Crippen molar-refractivity contribution in [1.82, 2.24) is 15.2 Å². The maximum Gasteiger partial charge on any atom is 0.167 e. The van der Waals surface area contributed by atoms with Crippen LogP contribution < -0.4 is 0 Å². The first-order valence-corrected chi connectivity index (χ1v) is 14.6. The maximum absolute atomic E-state index is 13.6. The van der Waals surface area contributed by atoms with Gasteiger partial charge in [0.15, 0.2) is 17.4 Å². The number of hydrogen-bond donors (Lipinski definition) is 1. The molecule has 0 amide bonds. The Morgan fingerprint density at radius 1 is 0.951 bits per heavy atom. The summed E-state index contributed by atoms with van der Waals surface area (Å²) in [6, 6.07) is 19.9. The summed E-state index contributed by atoms with van der Waals surface area (Å²) >= 11 is 0. The van der Waals surface area contributed by atoms with Crippen molar-refractivity contribution >= 4 is 22.5 Å². The lowest BCUT2D eigenvalue weighted by atomic mass is 9.91. The number of carbonyl (C=O) groups is 2. The topological polar surface area (TPSA) is 88.9 Å². The van der Waals surface area contributed by atoms with Gasteiger partial charge in [-0.1, -0.05) is 55.0 Å². The summed E-state index contributed by atoms with van der Waals surface area (Å²) in [5.74, 6) is 3.03. The second-order valence-corrected chi connectivity index (χ2v) is 11.9. The second kappa shape index (κ2) is 9.65. The van der Waals surface area contributed by atoms with Gasteiger partial charge in [-0.25, -0.2) is 4.98 Å². The van der Waals surface area contributed by atoms with Gasteiger partial charge in [0.1, 0.15) is 17.2 Å². The number of H-pyrrole nitrogens is 1. The van der Waals surface area contributed by atoms with E-state index < -0.39 is 0 Å². The van der Waals surface area contributed by atoms with Gasteiger partial charge in [-0.15, -0.1) is 0 Å². The highest BCUT2D eigenvalue weighted by Crippen LogP contribution is 2.51. The van der Waals surface area contributed by atoms with E-state index in [4.69, 9.17) is 9.40 Å². The zero-order valence-electron chi connectivity index (χ0n) is 23.7. The number of benzene rings is 3. The largest absolute Gasteiger partial charge is 0.455 e. The molecule has 0 saturated heterocycles. The first-order chi connectivity index (χ1) is 19.8. The first-order valence-electron chi connectivity index (χ1n) is 14.6. The van der Waals surface area contributed by atoms with Crippen LogP contribution >= 0.6 is 0 Å². The van der Waals surface area contributed by atoms with Crippen LogP contribution in [0.25, 0.3) is 33.4 Å². The van der Waals surface area contributed by atoms with Gasteiger partial charge in [0.25, 0.3) is 0 Å². The predicted octanol–water partition coefficient (Wildman–Crippen LogP) is 8.28. The fraction of sp³-hybridized carbons (Fsp3) is 0.314. The number of aryl methyl sites for hydroxylation is 2. The van der Waals surface area contributed by atoms with E-state index in [2.05, 4.69) is 17.1 Å². The highest BCUT2D eigenvalue weighted by molar-refractivity contribution is 6.12. The molecule has 0 atom stereocenters. The normalized spacial score (nSPS) is 15.8. The smallest absolute Gasteiger partial charge is 0.167 e. The number of aromatic amines is 1. The van der Waals surface area contributed by atoms with E-state index in [-0.39, 0.29) is 17.0 Å². The molecule has 0 spiro atoms. The molecule has 2 heterocycles. The van der Waals surface area contributed by atoms with Crippen LogP contribution in [0.4, 0.5) is 0 Å². The van der Waals surface area contributed by atoms with Crippen molar-refractivity contribution in [3.63, 3.8) is 0 Å². The molecule has 3 aromatic carbocycles. The summed E-state index contributed by atoms with van der Waals surface area (Å²) in [4.78, 5) is 31.5. The highest BCUT2D eigenvalue weighted by Gasteiger charge is 2.49. The fourth-order valence-electron chi connectivity index (χ4n) is 5.82. The van der Waals surface area contributed by atoms with E-state index in [0.717, 1.165) is 57.7 Å². The molecule has 1 N–H and O–H groups in total. The van der Waals surface area contributed by atoms with Crippen LogP contribution in [-0.2, 0) is 5.41 Å². The Kier molecular flexibility index (Phi) is 6.03. The Bertz CT molecular complexity index is 1820. The Morgan fingerprint density at radius 2 is 1.71 bits per heavy atom. The Balaban J connectivity index is 1.23. The molecule has 2 fully saturated rings. The van der Waals surface area contributed by atoms with Crippen molar-refractivity contribution in [1.29, 1.82) is 0 Å². The molecule has 2 aliphatic carbocycles. The Labute approximate surface area is 239 Å². The maximum atomic E-state index is 13.6. The third-order valence-corrected chi connectivity index (χ3v) is 8.77. The molecule has 0 unspecified atom stereocenters. The van der Waals surface area contributed by atoms with Crippen LogP contribution in [0.1, 0.15) is 94.9 Å². The Morgan fingerprint density at radius 3 is 2.41 bits per heavy atom. The standard InChI is InChI=1S/C35H33N3O3/c1-4-28(39)31-27-17-24(13-14-30(27)41-32(31)22-8-5-20(2)6-9-22)26-18-25(10-7-21(26)3)29(40)19-35(15-16-35)34-36-33(37-38-34)23-11-12-23/h5-10,13-14,17-18,23H,4,11-12,15-16,19H2,1-3H3,(H,36,37,38). The van der Waals surface area contributed by atoms with E-state index in [9.17, 15) is 9.59 Å². The van der Waals surface area contributed by atoms with Crippen molar-refractivity contribution in [2.45, 2.75) is 70.6 Å². The molecular formula is C35H33N3O3. The third kappa shape index (κ3) is 4.61. The molecule has 0 bridgehead atoms. The summed E-state index contributed by atoms with van der Waals surface area (Å²) in [5, 5.41) is 8.41. The quantitative estimate of drug-likeness (QED) is 0.189. The molecule has 206 valence electrons. The zero-order chi connectivity index (χ0) is 28.3. The molecule has 0 aliphatic heterocycles. The molecule has 2 aliphatic rings. The predicted molar refractivity (Wildman–Crippen MR) is 159 cm³/mol.